The standard InChI is InChI=1S/C7H15O6P/c1-4-12-7(13-5-2)6(8)14(9,10)11-3/h7H,4-5H2,1-3H3,(H,9,10). The number of ether oxygens (including phenoxy) is 2. The molecule has 0 radical (unpaired) electrons. The van der Waals surface area contributed by atoms with Crippen molar-refractivity contribution < 1.29 is 28.3 Å². The third-order valence-electron chi connectivity index (χ3n) is 1.36. The molecule has 0 spiro atoms. The fraction of sp³-hybridized carbons (Fsp3) is 0.857. The summed E-state index contributed by atoms with van der Waals surface area (Å²) in [6.07, 6.45) is -1.33. The van der Waals surface area contributed by atoms with Crippen LogP contribution in [0.4, 0.5) is 0 Å². The van der Waals surface area contributed by atoms with Gasteiger partial charge in [0.05, 0.1) is 0 Å². The van der Waals surface area contributed by atoms with E-state index in [2.05, 4.69) is 4.52 Å². The van der Waals surface area contributed by atoms with Crippen molar-refractivity contribution in [3.05, 3.63) is 0 Å². The molecule has 0 saturated carbocycles. The molecule has 0 aromatic rings. The lowest BCUT2D eigenvalue weighted by atomic mass is 10.7. The lowest BCUT2D eigenvalue weighted by Gasteiger charge is -2.17. The Morgan fingerprint density at radius 2 is 1.79 bits per heavy atom. The Kier molecular flexibility index (Phi) is 6.15. The van der Waals surface area contributed by atoms with E-state index >= 15 is 0 Å². The maximum absolute atomic E-state index is 11.3. The van der Waals surface area contributed by atoms with E-state index in [-0.39, 0.29) is 13.2 Å². The summed E-state index contributed by atoms with van der Waals surface area (Å²) in [5.74, 6) is 0. The second-order valence-electron chi connectivity index (χ2n) is 2.28. The quantitative estimate of drug-likeness (QED) is 0.509. The lowest BCUT2D eigenvalue weighted by Crippen LogP contribution is -2.27. The van der Waals surface area contributed by atoms with E-state index in [4.69, 9.17) is 14.4 Å². The van der Waals surface area contributed by atoms with Gasteiger partial charge in [-0.25, -0.2) is 0 Å². The van der Waals surface area contributed by atoms with Crippen LogP contribution < -0.4 is 0 Å². The summed E-state index contributed by atoms with van der Waals surface area (Å²) in [5, 5.41) is 0. The van der Waals surface area contributed by atoms with E-state index < -0.39 is 19.4 Å². The lowest BCUT2D eigenvalue weighted by molar-refractivity contribution is -0.161. The van der Waals surface area contributed by atoms with Gasteiger partial charge in [0.25, 0.3) is 5.52 Å². The maximum Gasteiger partial charge on any atom is 0.399 e. The molecule has 0 rings (SSSR count). The van der Waals surface area contributed by atoms with E-state index in [1.165, 1.54) is 0 Å². The van der Waals surface area contributed by atoms with Crippen LogP contribution in [0.15, 0.2) is 0 Å². The molecule has 84 valence electrons. The maximum atomic E-state index is 11.3. The third kappa shape index (κ3) is 3.86. The number of rotatable bonds is 7. The van der Waals surface area contributed by atoms with Gasteiger partial charge >= 0.3 is 7.60 Å². The highest BCUT2D eigenvalue weighted by Gasteiger charge is 2.37. The second kappa shape index (κ2) is 6.27. The number of carbonyl (C=O) groups is 1. The first-order valence-corrected chi connectivity index (χ1v) is 5.73. The van der Waals surface area contributed by atoms with Gasteiger partial charge in [-0.2, -0.15) is 0 Å². The minimum Gasteiger partial charge on any atom is -0.346 e. The Hall–Kier alpha value is -0.260. The van der Waals surface area contributed by atoms with E-state index in [1.807, 2.05) is 0 Å². The zero-order valence-corrected chi connectivity index (χ0v) is 9.32. The van der Waals surface area contributed by atoms with Crippen molar-refractivity contribution in [3.8, 4) is 0 Å². The highest BCUT2D eigenvalue weighted by Crippen LogP contribution is 2.43. The molecule has 0 aliphatic heterocycles. The number of carbonyl (C=O) groups excluding carboxylic acids is 1. The molecule has 0 saturated heterocycles. The largest absolute Gasteiger partial charge is 0.399 e. The minimum absolute atomic E-state index is 0.208. The third-order valence-corrected chi connectivity index (χ3v) is 2.63. The van der Waals surface area contributed by atoms with Gasteiger partial charge in [-0.1, -0.05) is 0 Å². The predicted octanol–water partition coefficient (Wildman–Crippen LogP) is 0.744. The Balaban J connectivity index is 4.50. The van der Waals surface area contributed by atoms with Crippen molar-refractivity contribution in [2.75, 3.05) is 20.3 Å². The smallest absolute Gasteiger partial charge is 0.346 e. The van der Waals surface area contributed by atoms with Crippen molar-refractivity contribution in [2.45, 2.75) is 20.1 Å². The van der Waals surface area contributed by atoms with E-state index in [9.17, 15) is 9.36 Å². The molecule has 14 heavy (non-hydrogen) atoms. The Morgan fingerprint density at radius 3 is 2.07 bits per heavy atom. The molecule has 1 N–H and O–H groups in total. The topological polar surface area (TPSA) is 82.1 Å². The van der Waals surface area contributed by atoms with Gasteiger partial charge in [0, 0.05) is 20.3 Å². The van der Waals surface area contributed by atoms with Crippen LogP contribution >= 0.6 is 7.60 Å². The van der Waals surface area contributed by atoms with Crippen molar-refractivity contribution in [2.24, 2.45) is 0 Å². The summed E-state index contributed by atoms with van der Waals surface area (Å²) in [6, 6.07) is 0. The number of hydrogen-bond donors (Lipinski definition) is 1. The van der Waals surface area contributed by atoms with Crippen LogP contribution in [-0.2, 0) is 23.4 Å². The van der Waals surface area contributed by atoms with Crippen LogP contribution in [0.3, 0.4) is 0 Å². The zero-order chi connectivity index (χ0) is 11.2. The molecule has 1 atom stereocenters. The summed E-state index contributed by atoms with van der Waals surface area (Å²) >= 11 is 0. The minimum atomic E-state index is -4.27. The molecule has 0 aromatic carbocycles. The van der Waals surface area contributed by atoms with Crippen LogP contribution in [0.2, 0.25) is 0 Å². The molecule has 0 aliphatic rings. The van der Waals surface area contributed by atoms with Gasteiger partial charge in [0.1, 0.15) is 0 Å². The average Bonchev–Trinajstić information content (AvgIpc) is 2.16. The molecule has 7 heteroatoms. The first kappa shape index (κ1) is 13.7. The first-order chi connectivity index (χ1) is 6.49. The molecule has 0 aliphatic carbocycles. The van der Waals surface area contributed by atoms with Crippen LogP contribution in [-0.4, -0.2) is 37.0 Å². The summed E-state index contributed by atoms with van der Waals surface area (Å²) < 4.78 is 25.0. The van der Waals surface area contributed by atoms with Gasteiger partial charge < -0.3 is 18.9 Å². The summed E-state index contributed by atoms with van der Waals surface area (Å²) in [6.45, 7) is 3.71. The molecular weight excluding hydrogens is 211 g/mol. The first-order valence-electron chi connectivity index (χ1n) is 4.15. The molecule has 0 fully saturated rings. The SMILES string of the molecule is CCOC(OCC)C(=O)P(=O)(O)OC. The van der Waals surface area contributed by atoms with Gasteiger partial charge in [-0.3, -0.25) is 9.36 Å². The van der Waals surface area contributed by atoms with Gasteiger partial charge in [-0.15, -0.1) is 0 Å². The van der Waals surface area contributed by atoms with Crippen LogP contribution in [0.25, 0.3) is 0 Å². The van der Waals surface area contributed by atoms with Crippen molar-refractivity contribution in [3.63, 3.8) is 0 Å². The highest BCUT2D eigenvalue weighted by atomic mass is 31.2. The second-order valence-corrected chi connectivity index (χ2v) is 4.13. The molecule has 6 nitrogen and oxygen atoms in total. The Morgan fingerprint density at radius 1 is 1.36 bits per heavy atom. The fourth-order valence-corrected chi connectivity index (χ4v) is 1.31. The molecule has 1 unspecified atom stereocenters. The van der Waals surface area contributed by atoms with Gasteiger partial charge in [0.2, 0.25) is 6.29 Å². The summed E-state index contributed by atoms with van der Waals surface area (Å²) in [5.41, 5.74) is -1.08. The Bertz CT molecular complexity index is 222. The number of hydrogen-bond acceptors (Lipinski definition) is 5. The monoisotopic (exact) mass is 226 g/mol. The normalized spacial score (nSPS) is 15.5. The predicted molar refractivity (Wildman–Crippen MR) is 48.9 cm³/mol. The van der Waals surface area contributed by atoms with Crippen LogP contribution in [0.1, 0.15) is 13.8 Å². The summed E-state index contributed by atoms with van der Waals surface area (Å²) in [4.78, 5) is 20.3. The van der Waals surface area contributed by atoms with E-state index in [0.29, 0.717) is 0 Å². The molecule has 0 aromatic heterocycles. The average molecular weight is 226 g/mol. The summed E-state index contributed by atoms with van der Waals surface area (Å²) in [7, 11) is -3.29. The van der Waals surface area contributed by atoms with Gasteiger partial charge in [0.15, 0.2) is 0 Å². The van der Waals surface area contributed by atoms with Crippen LogP contribution in [0, 0.1) is 0 Å². The Labute approximate surface area is 82.7 Å². The molecule has 0 bridgehead atoms. The molecule has 0 heterocycles. The molecule has 0 amide bonds. The zero-order valence-electron chi connectivity index (χ0n) is 8.43. The van der Waals surface area contributed by atoms with E-state index in [0.717, 1.165) is 7.11 Å². The fourth-order valence-electron chi connectivity index (χ4n) is 0.717. The molecular formula is C7H15O6P. The van der Waals surface area contributed by atoms with Crippen molar-refractivity contribution in [1.29, 1.82) is 0 Å². The van der Waals surface area contributed by atoms with Crippen molar-refractivity contribution >= 4 is 13.1 Å². The highest BCUT2D eigenvalue weighted by molar-refractivity contribution is 7.71. The van der Waals surface area contributed by atoms with Gasteiger partial charge in [-0.05, 0) is 13.8 Å². The van der Waals surface area contributed by atoms with Crippen LogP contribution in [0.5, 0.6) is 0 Å². The van der Waals surface area contributed by atoms with Crippen molar-refractivity contribution in [1.82, 2.24) is 0 Å². The van der Waals surface area contributed by atoms with E-state index in [1.54, 1.807) is 13.8 Å².